The summed E-state index contributed by atoms with van der Waals surface area (Å²) in [6.45, 7) is 11.4. The van der Waals surface area contributed by atoms with Gasteiger partial charge in [-0.15, -0.1) is 0 Å². The Morgan fingerprint density at radius 1 is 1.17 bits per heavy atom. The van der Waals surface area contributed by atoms with E-state index >= 15 is 0 Å². The number of ether oxygens (including phenoxy) is 1. The predicted octanol–water partition coefficient (Wildman–Crippen LogP) is 1.94. The minimum Gasteiger partial charge on any atom is -0.467 e. The van der Waals surface area contributed by atoms with Crippen LogP contribution < -0.4 is 0 Å². The number of carbonyl (C=O) groups is 2. The maximum Gasteiger partial charge on any atom is 0.331 e. The lowest BCUT2D eigenvalue weighted by Gasteiger charge is -2.47. The fourth-order valence-electron chi connectivity index (χ4n) is 3.68. The van der Waals surface area contributed by atoms with E-state index in [1.807, 2.05) is 4.90 Å². The normalized spacial score (nSPS) is 21.9. The minimum absolute atomic E-state index is 0.0188. The summed E-state index contributed by atoms with van der Waals surface area (Å²) >= 11 is 0. The van der Waals surface area contributed by atoms with E-state index in [0.717, 1.165) is 38.9 Å². The van der Waals surface area contributed by atoms with Crippen molar-refractivity contribution in [2.45, 2.75) is 64.6 Å². The molecule has 2 rings (SSSR count). The van der Waals surface area contributed by atoms with Gasteiger partial charge >= 0.3 is 12.0 Å². The minimum atomic E-state index is -0.914. The summed E-state index contributed by atoms with van der Waals surface area (Å²) in [7, 11) is 1.37. The van der Waals surface area contributed by atoms with E-state index in [0.29, 0.717) is 12.6 Å². The lowest BCUT2D eigenvalue weighted by Crippen LogP contribution is -2.63. The fourth-order valence-corrected chi connectivity index (χ4v) is 3.68. The maximum absolute atomic E-state index is 12.9. The van der Waals surface area contributed by atoms with Crippen LogP contribution in [-0.4, -0.2) is 77.6 Å². The molecule has 0 spiro atoms. The smallest absolute Gasteiger partial charge is 0.331 e. The first-order chi connectivity index (χ1) is 10.8. The Balaban J connectivity index is 2.04. The molecule has 0 aliphatic carbocycles. The molecule has 0 radical (unpaired) electrons. The zero-order valence-corrected chi connectivity index (χ0v) is 15.2. The molecule has 2 saturated heterocycles. The van der Waals surface area contributed by atoms with Gasteiger partial charge in [0.15, 0.2) is 0 Å². The van der Waals surface area contributed by atoms with Gasteiger partial charge in [0.25, 0.3) is 0 Å². The molecule has 0 aromatic rings. The highest BCUT2D eigenvalue weighted by Crippen LogP contribution is 2.27. The molecule has 0 saturated carbocycles. The molecule has 132 valence electrons. The predicted molar refractivity (Wildman–Crippen MR) is 89.3 cm³/mol. The lowest BCUT2D eigenvalue weighted by atomic mass is 9.98. The average molecular weight is 325 g/mol. The van der Waals surface area contributed by atoms with Gasteiger partial charge in [-0.2, -0.15) is 0 Å². The quantitative estimate of drug-likeness (QED) is 0.741. The van der Waals surface area contributed by atoms with Crippen molar-refractivity contribution in [2.24, 2.45) is 0 Å². The molecule has 2 aliphatic rings. The third-order valence-electron chi connectivity index (χ3n) is 5.29. The van der Waals surface area contributed by atoms with Crippen LogP contribution in [0.25, 0.3) is 0 Å². The molecule has 0 unspecified atom stereocenters. The number of hydrogen-bond acceptors (Lipinski definition) is 4. The molecule has 6 heteroatoms. The largest absolute Gasteiger partial charge is 0.467 e. The third-order valence-corrected chi connectivity index (χ3v) is 5.29. The summed E-state index contributed by atoms with van der Waals surface area (Å²) in [5.74, 6) is -0.359. The molecule has 23 heavy (non-hydrogen) atoms. The Hall–Kier alpha value is -1.30. The molecule has 0 aromatic heterocycles. The third kappa shape index (κ3) is 3.62. The van der Waals surface area contributed by atoms with E-state index < -0.39 is 5.54 Å². The highest BCUT2D eigenvalue weighted by atomic mass is 16.5. The van der Waals surface area contributed by atoms with Crippen molar-refractivity contribution < 1.29 is 14.3 Å². The zero-order valence-electron chi connectivity index (χ0n) is 15.2. The van der Waals surface area contributed by atoms with E-state index in [2.05, 4.69) is 18.7 Å². The zero-order chi connectivity index (χ0) is 17.2. The standard InChI is InChI=1S/C17H31N3O3/c1-13(2)18-11-7-14(8-12-18)19-9-6-10-20(16(19)22)17(3,4)15(21)23-5/h13-14H,6-12H2,1-5H3. The van der Waals surface area contributed by atoms with Crippen LogP contribution in [0.15, 0.2) is 0 Å². The van der Waals surface area contributed by atoms with Crippen molar-refractivity contribution in [2.75, 3.05) is 33.3 Å². The number of hydrogen-bond donors (Lipinski definition) is 0. The number of amides is 2. The molecule has 2 fully saturated rings. The summed E-state index contributed by atoms with van der Waals surface area (Å²) < 4.78 is 4.88. The first-order valence-corrected chi connectivity index (χ1v) is 8.69. The van der Waals surface area contributed by atoms with Crippen LogP contribution in [0.4, 0.5) is 4.79 Å². The van der Waals surface area contributed by atoms with E-state index in [1.54, 1.807) is 18.7 Å². The van der Waals surface area contributed by atoms with Gasteiger partial charge in [0.05, 0.1) is 7.11 Å². The van der Waals surface area contributed by atoms with Crippen LogP contribution in [0, 0.1) is 0 Å². The summed E-state index contributed by atoms with van der Waals surface area (Å²) in [6.07, 6.45) is 2.92. The highest BCUT2D eigenvalue weighted by Gasteiger charge is 2.44. The molecule has 2 heterocycles. The number of carbonyl (C=O) groups excluding carboxylic acids is 2. The van der Waals surface area contributed by atoms with E-state index in [1.165, 1.54) is 7.11 Å². The van der Waals surface area contributed by atoms with Crippen LogP contribution >= 0.6 is 0 Å². The van der Waals surface area contributed by atoms with Gasteiger partial charge in [0, 0.05) is 38.3 Å². The lowest BCUT2D eigenvalue weighted by molar-refractivity contribution is -0.152. The number of nitrogens with zero attached hydrogens (tertiary/aromatic N) is 3. The van der Waals surface area contributed by atoms with Gasteiger partial charge in [0.2, 0.25) is 0 Å². The molecule has 6 nitrogen and oxygen atoms in total. The summed E-state index contributed by atoms with van der Waals surface area (Å²) in [5, 5.41) is 0. The Labute approximate surface area is 139 Å². The number of piperidine rings is 1. The van der Waals surface area contributed by atoms with Crippen molar-refractivity contribution in [3.63, 3.8) is 0 Å². The monoisotopic (exact) mass is 325 g/mol. The number of likely N-dealkylation sites (tertiary alicyclic amines) is 1. The van der Waals surface area contributed by atoms with Crippen LogP contribution in [0.2, 0.25) is 0 Å². The molecule has 2 amide bonds. The molecule has 0 aromatic carbocycles. The Kier molecular flexibility index (Phi) is 5.55. The van der Waals surface area contributed by atoms with Crippen LogP contribution in [0.3, 0.4) is 0 Å². The SMILES string of the molecule is COC(=O)C(C)(C)N1CCCN(C2CCN(C(C)C)CC2)C1=O. The summed E-state index contributed by atoms with van der Waals surface area (Å²) in [4.78, 5) is 31.1. The molecular weight excluding hydrogens is 294 g/mol. The van der Waals surface area contributed by atoms with Crippen molar-refractivity contribution in [1.82, 2.24) is 14.7 Å². The van der Waals surface area contributed by atoms with Gasteiger partial charge in [0.1, 0.15) is 5.54 Å². The Bertz CT molecular complexity index is 442. The van der Waals surface area contributed by atoms with E-state index in [-0.39, 0.29) is 18.0 Å². The maximum atomic E-state index is 12.9. The van der Waals surface area contributed by atoms with Gasteiger partial charge in [-0.25, -0.2) is 9.59 Å². The molecule has 0 N–H and O–H groups in total. The van der Waals surface area contributed by atoms with Crippen LogP contribution in [0.1, 0.15) is 47.0 Å². The fraction of sp³-hybridized carbons (Fsp3) is 0.882. The number of methoxy groups -OCH3 is 1. The Morgan fingerprint density at radius 3 is 2.30 bits per heavy atom. The van der Waals surface area contributed by atoms with Gasteiger partial charge < -0.3 is 19.4 Å². The van der Waals surface area contributed by atoms with Crippen molar-refractivity contribution >= 4 is 12.0 Å². The van der Waals surface area contributed by atoms with Gasteiger partial charge in [-0.3, -0.25) is 0 Å². The number of rotatable bonds is 4. The summed E-state index contributed by atoms with van der Waals surface area (Å²) in [6, 6.07) is 0.825. The van der Waals surface area contributed by atoms with E-state index in [9.17, 15) is 9.59 Å². The molecule has 0 bridgehead atoms. The first kappa shape index (κ1) is 18.0. The molecule has 2 aliphatic heterocycles. The number of urea groups is 1. The van der Waals surface area contributed by atoms with Crippen LogP contribution in [-0.2, 0) is 9.53 Å². The van der Waals surface area contributed by atoms with Gasteiger partial charge in [-0.1, -0.05) is 0 Å². The highest BCUT2D eigenvalue weighted by molar-refractivity contribution is 5.87. The van der Waals surface area contributed by atoms with Crippen molar-refractivity contribution in [3.05, 3.63) is 0 Å². The average Bonchev–Trinajstić information content (AvgIpc) is 2.54. The van der Waals surface area contributed by atoms with E-state index in [4.69, 9.17) is 4.74 Å². The van der Waals surface area contributed by atoms with Crippen molar-refractivity contribution in [3.8, 4) is 0 Å². The van der Waals surface area contributed by atoms with Crippen LogP contribution in [0.5, 0.6) is 0 Å². The second kappa shape index (κ2) is 7.07. The van der Waals surface area contributed by atoms with Crippen molar-refractivity contribution in [1.29, 1.82) is 0 Å². The topological polar surface area (TPSA) is 53.1 Å². The molecular formula is C17H31N3O3. The van der Waals surface area contributed by atoms with Gasteiger partial charge in [-0.05, 0) is 47.0 Å². The second-order valence-corrected chi connectivity index (χ2v) is 7.39. The second-order valence-electron chi connectivity index (χ2n) is 7.39. The number of esters is 1. The molecule has 0 atom stereocenters. The first-order valence-electron chi connectivity index (χ1n) is 8.69. The summed E-state index contributed by atoms with van der Waals surface area (Å²) in [5.41, 5.74) is -0.914. The Morgan fingerprint density at radius 2 is 1.78 bits per heavy atom.